The number of esters is 1. The summed E-state index contributed by atoms with van der Waals surface area (Å²) >= 11 is 0. The lowest BCUT2D eigenvalue weighted by molar-refractivity contribution is -0.158. The molecular weight excluding hydrogens is 396 g/mol. The highest BCUT2D eigenvalue weighted by atomic mass is 32.2. The number of rotatable bonds is 7. The van der Waals surface area contributed by atoms with Crippen LogP contribution in [0, 0.1) is 0 Å². The Morgan fingerprint density at radius 2 is 1.79 bits per heavy atom. The fraction of sp³-hybridized carbons (Fsp3) is 0.526. The number of hydrogen-bond donors (Lipinski definition) is 1. The molecule has 29 heavy (non-hydrogen) atoms. The number of likely N-dealkylation sites (N-methyl/N-ethyl adjacent to an activating group) is 1. The van der Waals surface area contributed by atoms with Gasteiger partial charge in [0.1, 0.15) is 24.5 Å². The van der Waals surface area contributed by atoms with E-state index in [4.69, 9.17) is 4.74 Å². The van der Waals surface area contributed by atoms with E-state index in [1.54, 1.807) is 39.0 Å². The van der Waals surface area contributed by atoms with Gasteiger partial charge in [0.15, 0.2) is 0 Å². The molecule has 9 nitrogen and oxygen atoms in total. The predicted octanol–water partition coefficient (Wildman–Crippen LogP) is 0.457. The summed E-state index contributed by atoms with van der Waals surface area (Å²) in [7, 11) is 0.0532. The van der Waals surface area contributed by atoms with E-state index in [0.717, 1.165) is 0 Å². The molecule has 10 heteroatoms. The van der Waals surface area contributed by atoms with E-state index in [-0.39, 0.29) is 23.8 Å². The first kappa shape index (κ1) is 22.8. The number of amidine groups is 1. The van der Waals surface area contributed by atoms with E-state index in [0.29, 0.717) is 18.7 Å². The number of nitrogens with one attached hydrogen (secondary N) is 1. The Labute approximate surface area is 171 Å². The van der Waals surface area contributed by atoms with Gasteiger partial charge >= 0.3 is 5.97 Å². The van der Waals surface area contributed by atoms with Crippen molar-refractivity contribution in [2.24, 2.45) is 4.99 Å². The molecule has 0 aromatic heterocycles. The summed E-state index contributed by atoms with van der Waals surface area (Å²) in [4.78, 5) is 32.4. The number of nitrogens with zero attached hydrogens (tertiary/aromatic N) is 3. The van der Waals surface area contributed by atoms with E-state index in [1.165, 1.54) is 11.0 Å². The number of fused-ring (bicyclic) bond motifs is 1. The van der Waals surface area contributed by atoms with Gasteiger partial charge in [-0.3, -0.25) is 19.3 Å². The standard InChI is InChI=1S/C19H28N4O5S/c1-19(2,3)28-17(25)13-23(11-10-22(4)5)16(24)12-20-18-14-8-6-7-9-15(14)29(26,27)21-18/h6-9H,10-13H2,1-5H3,(H,20,21). The second kappa shape index (κ2) is 8.91. The molecule has 0 atom stereocenters. The molecule has 0 spiro atoms. The average molecular weight is 425 g/mol. The summed E-state index contributed by atoms with van der Waals surface area (Å²) < 4.78 is 32.0. The molecule has 0 saturated heterocycles. The minimum atomic E-state index is -3.67. The number of amides is 1. The molecule has 0 bridgehead atoms. The minimum Gasteiger partial charge on any atom is -0.459 e. The van der Waals surface area contributed by atoms with Gasteiger partial charge < -0.3 is 14.5 Å². The molecule has 1 aromatic rings. The number of ether oxygens (including phenoxy) is 1. The fourth-order valence-electron chi connectivity index (χ4n) is 2.64. The quantitative estimate of drug-likeness (QED) is 0.637. The maximum Gasteiger partial charge on any atom is 0.326 e. The smallest absolute Gasteiger partial charge is 0.326 e. The number of sulfonamides is 1. The molecule has 1 aliphatic rings. The molecule has 0 unspecified atom stereocenters. The van der Waals surface area contributed by atoms with Crippen LogP contribution in [0.3, 0.4) is 0 Å². The van der Waals surface area contributed by atoms with E-state index in [2.05, 4.69) is 9.71 Å². The van der Waals surface area contributed by atoms with Gasteiger partial charge in [0.25, 0.3) is 10.0 Å². The van der Waals surface area contributed by atoms with Crippen LogP contribution in [0.5, 0.6) is 0 Å². The summed E-state index contributed by atoms with van der Waals surface area (Å²) in [5.74, 6) is -0.781. The molecule has 0 aliphatic carbocycles. The Morgan fingerprint density at radius 3 is 2.41 bits per heavy atom. The molecule has 1 amide bonds. The van der Waals surface area contributed by atoms with Crippen LogP contribution in [0.4, 0.5) is 0 Å². The van der Waals surface area contributed by atoms with Crippen LogP contribution in [-0.4, -0.2) is 81.8 Å². The first-order chi connectivity index (χ1) is 13.4. The largest absolute Gasteiger partial charge is 0.459 e. The van der Waals surface area contributed by atoms with Crippen LogP contribution in [0.25, 0.3) is 0 Å². The normalized spacial score (nSPS) is 16.4. The minimum absolute atomic E-state index is 0.124. The van der Waals surface area contributed by atoms with Crippen LogP contribution in [-0.2, 0) is 24.3 Å². The maximum absolute atomic E-state index is 12.7. The molecule has 1 N–H and O–H groups in total. The number of aliphatic imine (C=N–C) groups is 1. The van der Waals surface area contributed by atoms with Crippen LogP contribution in [0.15, 0.2) is 34.2 Å². The summed E-state index contributed by atoms with van der Waals surface area (Å²) in [6.07, 6.45) is 0. The highest BCUT2D eigenvalue weighted by molar-refractivity contribution is 7.90. The van der Waals surface area contributed by atoms with Gasteiger partial charge in [0.2, 0.25) is 5.91 Å². The predicted molar refractivity (Wildman–Crippen MR) is 109 cm³/mol. The average Bonchev–Trinajstić information content (AvgIpc) is 2.86. The van der Waals surface area contributed by atoms with Crippen molar-refractivity contribution in [2.75, 3.05) is 40.3 Å². The van der Waals surface area contributed by atoms with E-state index in [1.807, 2.05) is 19.0 Å². The van der Waals surface area contributed by atoms with Crippen LogP contribution >= 0.6 is 0 Å². The Balaban J connectivity index is 2.13. The zero-order valence-corrected chi connectivity index (χ0v) is 18.2. The third-order valence-corrected chi connectivity index (χ3v) is 5.34. The van der Waals surface area contributed by atoms with Crippen LogP contribution in [0.2, 0.25) is 0 Å². The van der Waals surface area contributed by atoms with Gasteiger partial charge in [0, 0.05) is 18.7 Å². The lowest BCUT2D eigenvalue weighted by Gasteiger charge is -2.26. The van der Waals surface area contributed by atoms with Gasteiger partial charge in [-0.1, -0.05) is 12.1 Å². The number of carbonyl (C=O) groups is 2. The highest BCUT2D eigenvalue weighted by Crippen LogP contribution is 2.22. The number of carbonyl (C=O) groups excluding carboxylic acids is 2. The SMILES string of the molecule is CN(C)CCN(CC(=O)OC(C)(C)C)C(=O)CN=C1NS(=O)(=O)c2ccccc21. The second-order valence-corrected chi connectivity index (χ2v) is 9.62. The maximum atomic E-state index is 12.7. The van der Waals surface area contributed by atoms with Gasteiger partial charge in [-0.15, -0.1) is 0 Å². The van der Waals surface area contributed by atoms with Crippen LogP contribution < -0.4 is 4.72 Å². The Kier molecular flexibility index (Phi) is 7.02. The summed E-state index contributed by atoms with van der Waals surface area (Å²) in [5.41, 5.74) is -0.230. The number of hydrogen-bond acceptors (Lipinski definition) is 7. The molecule has 0 saturated carbocycles. The van der Waals surface area contributed by atoms with Crippen molar-refractivity contribution >= 4 is 27.7 Å². The fourth-order valence-corrected chi connectivity index (χ4v) is 3.89. The van der Waals surface area contributed by atoms with Crippen molar-refractivity contribution in [3.63, 3.8) is 0 Å². The zero-order chi connectivity index (χ0) is 21.8. The van der Waals surface area contributed by atoms with Crippen molar-refractivity contribution in [2.45, 2.75) is 31.3 Å². The van der Waals surface area contributed by atoms with Crippen molar-refractivity contribution in [3.05, 3.63) is 29.8 Å². The molecular formula is C19H28N4O5S. The zero-order valence-electron chi connectivity index (χ0n) is 17.4. The Hall–Kier alpha value is -2.46. The van der Waals surface area contributed by atoms with E-state index >= 15 is 0 Å². The molecule has 1 heterocycles. The third kappa shape index (κ3) is 6.53. The molecule has 1 aliphatic heterocycles. The van der Waals surface area contributed by atoms with Crippen molar-refractivity contribution in [1.29, 1.82) is 0 Å². The lowest BCUT2D eigenvalue weighted by Crippen LogP contribution is -2.43. The monoisotopic (exact) mass is 424 g/mol. The van der Waals surface area contributed by atoms with Gasteiger partial charge in [-0.2, -0.15) is 0 Å². The van der Waals surface area contributed by atoms with Gasteiger partial charge in [0.05, 0.1) is 4.90 Å². The first-order valence-electron chi connectivity index (χ1n) is 9.20. The molecule has 1 aromatic carbocycles. The summed E-state index contributed by atoms with van der Waals surface area (Å²) in [6, 6.07) is 6.43. The summed E-state index contributed by atoms with van der Waals surface area (Å²) in [5, 5.41) is 0. The van der Waals surface area contributed by atoms with Crippen molar-refractivity contribution in [3.8, 4) is 0 Å². The van der Waals surface area contributed by atoms with Crippen molar-refractivity contribution < 1.29 is 22.7 Å². The van der Waals surface area contributed by atoms with Gasteiger partial charge in [-0.25, -0.2) is 8.42 Å². The van der Waals surface area contributed by atoms with Gasteiger partial charge in [-0.05, 0) is 47.0 Å². The van der Waals surface area contributed by atoms with E-state index in [9.17, 15) is 18.0 Å². The third-order valence-electron chi connectivity index (χ3n) is 3.94. The number of benzene rings is 1. The second-order valence-electron chi connectivity index (χ2n) is 7.97. The Morgan fingerprint density at radius 1 is 1.14 bits per heavy atom. The lowest BCUT2D eigenvalue weighted by atomic mass is 10.2. The first-order valence-corrected chi connectivity index (χ1v) is 10.7. The highest BCUT2D eigenvalue weighted by Gasteiger charge is 2.30. The Bertz CT molecular complexity index is 903. The molecule has 2 rings (SSSR count). The van der Waals surface area contributed by atoms with E-state index < -0.39 is 27.5 Å². The molecule has 0 radical (unpaired) electrons. The summed E-state index contributed by atoms with van der Waals surface area (Å²) in [6.45, 7) is 5.66. The van der Waals surface area contributed by atoms with Crippen molar-refractivity contribution in [1.82, 2.24) is 14.5 Å². The van der Waals surface area contributed by atoms with Crippen LogP contribution in [0.1, 0.15) is 26.3 Å². The molecule has 160 valence electrons. The topological polar surface area (TPSA) is 108 Å². The molecule has 0 fully saturated rings.